The summed E-state index contributed by atoms with van der Waals surface area (Å²) >= 11 is 9.44. The minimum Gasteiger partial charge on any atom is -0.352 e. The van der Waals surface area contributed by atoms with Gasteiger partial charge in [0.1, 0.15) is 0 Å². The van der Waals surface area contributed by atoms with E-state index in [9.17, 15) is 4.79 Å². The second-order valence-corrected chi connectivity index (χ2v) is 5.54. The van der Waals surface area contributed by atoms with Crippen molar-refractivity contribution >= 4 is 33.4 Å². The van der Waals surface area contributed by atoms with Gasteiger partial charge in [0.2, 0.25) is 0 Å². The normalized spacial score (nSPS) is 10.4. The molecule has 18 heavy (non-hydrogen) atoms. The molecule has 1 amide bonds. The third-order valence-electron chi connectivity index (χ3n) is 2.72. The third kappa shape index (κ3) is 5.40. The molecule has 0 aliphatic rings. The van der Waals surface area contributed by atoms with Crippen LogP contribution in [0.15, 0.2) is 18.2 Å². The smallest absolute Gasteiger partial charge is 0.252 e. The summed E-state index contributed by atoms with van der Waals surface area (Å²) in [5.74, 6) is -0.0829. The quantitative estimate of drug-likeness (QED) is 0.584. The Balaban J connectivity index is 2.32. The van der Waals surface area contributed by atoms with Crippen LogP contribution in [0.25, 0.3) is 0 Å². The van der Waals surface area contributed by atoms with Crippen molar-refractivity contribution in [2.45, 2.75) is 32.6 Å². The lowest BCUT2D eigenvalue weighted by molar-refractivity contribution is 0.0953. The van der Waals surface area contributed by atoms with E-state index in [1.54, 1.807) is 6.07 Å². The van der Waals surface area contributed by atoms with Crippen molar-refractivity contribution in [3.63, 3.8) is 0 Å². The molecule has 2 nitrogen and oxygen atoms in total. The van der Waals surface area contributed by atoms with Gasteiger partial charge in [-0.15, -0.1) is 0 Å². The number of alkyl halides is 1. The monoisotopic (exact) mass is 331 g/mol. The van der Waals surface area contributed by atoms with Crippen molar-refractivity contribution in [2.24, 2.45) is 0 Å². The summed E-state index contributed by atoms with van der Waals surface area (Å²) in [5, 5.41) is 4.48. The van der Waals surface area contributed by atoms with Crippen molar-refractivity contribution < 1.29 is 4.79 Å². The van der Waals surface area contributed by atoms with Crippen molar-refractivity contribution in [1.82, 2.24) is 5.32 Å². The predicted molar refractivity (Wildman–Crippen MR) is 80.8 cm³/mol. The van der Waals surface area contributed by atoms with Crippen molar-refractivity contribution in [3.05, 3.63) is 34.3 Å². The maximum absolute atomic E-state index is 11.9. The number of halogens is 2. The largest absolute Gasteiger partial charge is 0.352 e. The number of hydrogen-bond donors (Lipinski definition) is 1. The molecule has 0 aliphatic heterocycles. The summed E-state index contributed by atoms with van der Waals surface area (Å²) in [5.41, 5.74) is 1.62. The van der Waals surface area contributed by atoms with Crippen LogP contribution in [0.4, 0.5) is 0 Å². The summed E-state index contributed by atoms with van der Waals surface area (Å²) in [7, 11) is 0. The van der Waals surface area contributed by atoms with Crippen LogP contribution in [0.1, 0.15) is 41.6 Å². The zero-order valence-corrected chi connectivity index (χ0v) is 13.0. The Morgan fingerprint density at radius 3 is 2.67 bits per heavy atom. The maximum atomic E-state index is 11.9. The SMILES string of the molecule is Cc1ccc(C(=O)NCCCCCCBr)c(Cl)c1. The standard InChI is InChI=1S/C14H19BrClNO/c1-11-6-7-12(13(16)10-11)14(18)17-9-5-3-2-4-8-15/h6-7,10H,2-5,8-9H2,1H3,(H,17,18). The first-order valence-corrected chi connectivity index (χ1v) is 7.75. The van der Waals surface area contributed by atoms with Gasteiger partial charge in [-0.25, -0.2) is 0 Å². The number of amides is 1. The van der Waals surface area contributed by atoms with Crippen LogP contribution in [0.5, 0.6) is 0 Å². The first-order chi connectivity index (χ1) is 8.65. The average Bonchev–Trinajstić information content (AvgIpc) is 2.33. The first kappa shape index (κ1) is 15.5. The lowest BCUT2D eigenvalue weighted by atomic mass is 10.1. The summed E-state index contributed by atoms with van der Waals surface area (Å²) in [6, 6.07) is 5.49. The van der Waals surface area contributed by atoms with E-state index in [-0.39, 0.29) is 5.91 Å². The molecular weight excluding hydrogens is 314 g/mol. The fourth-order valence-electron chi connectivity index (χ4n) is 1.67. The molecule has 0 saturated carbocycles. The maximum Gasteiger partial charge on any atom is 0.252 e. The fraction of sp³-hybridized carbons (Fsp3) is 0.500. The van der Waals surface area contributed by atoms with Gasteiger partial charge in [-0.1, -0.05) is 46.4 Å². The highest BCUT2D eigenvalue weighted by Gasteiger charge is 2.09. The molecule has 0 aliphatic carbocycles. The Kier molecular flexibility index (Phi) is 7.36. The zero-order chi connectivity index (χ0) is 13.4. The van der Waals surface area contributed by atoms with Crippen molar-refractivity contribution in [1.29, 1.82) is 0 Å². The number of unbranched alkanes of at least 4 members (excludes halogenated alkanes) is 3. The lowest BCUT2D eigenvalue weighted by Gasteiger charge is -2.07. The molecule has 0 saturated heterocycles. The van der Waals surface area contributed by atoms with E-state index in [0.717, 1.165) is 23.7 Å². The molecule has 0 fully saturated rings. The van der Waals surface area contributed by atoms with Crippen LogP contribution in [0, 0.1) is 6.92 Å². The second-order valence-electron chi connectivity index (χ2n) is 4.34. The van der Waals surface area contributed by atoms with Crippen molar-refractivity contribution in [2.75, 3.05) is 11.9 Å². The minimum atomic E-state index is -0.0829. The summed E-state index contributed by atoms with van der Waals surface area (Å²) in [6.45, 7) is 2.67. The number of carbonyl (C=O) groups is 1. The van der Waals surface area contributed by atoms with Gasteiger partial charge in [-0.2, -0.15) is 0 Å². The minimum absolute atomic E-state index is 0.0829. The van der Waals surface area contributed by atoms with E-state index in [4.69, 9.17) is 11.6 Å². The van der Waals surface area contributed by atoms with E-state index in [0.29, 0.717) is 17.1 Å². The molecule has 0 heterocycles. The van der Waals surface area contributed by atoms with E-state index < -0.39 is 0 Å². The summed E-state index contributed by atoms with van der Waals surface area (Å²) < 4.78 is 0. The Hall–Kier alpha value is -0.540. The summed E-state index contributed by atoms with van der Waals surface area (Å²) in [4.78, 5) is 11.9. The number of hydrogen-bond acceptors (Lipinski definition) is 1. The topological polar surface area (TPSA) is 29.1 Å². The lowest BCUT2D eigenvalue weighted by Crippen LogP contribution is -2.24. The van der Waals surface area contributed by atoms with Crippen LogP contribution in [0.3, 0.4) is 0 Å². The predicted octanol–water partition coefficient (Wildman–Crippen LogP) is 4.33. The molecular formula is C14H19BrClNO. The molecule has 1 rings (SSSR count). The highest BCUT2D eigenvalue weighted by atomic mass is 79.9. The molecule has 0 aromatic heterocycles. The van der Waals surface area contributed by atoms with Gasteiger partial charge < -0.3 is 5.32 Å². The van der Waals surface area contributed by atoms with Gasteiger partial charge in [0.25, 0.3) is 5.91 Å². The van der Waals surface area contributed by atoms with Gasteiger partial charge in [0.15, 0.2) is 0 Å². The molecule has 0 bridgehead atoms. The zero-order valence-electron chi connectivity index (χ0n) is 10.6. The van der Waals surface area contributed by atoms with E-state index in [1.165, 1.54) is 12.8 Å². The van der Waals surface area contributed by atoms with Crippen LogP contribution in [-0.2, 0) is 0 Å². The molecule has 0 radical (unpaired) electrons. The van der Waals surface area contributed by atoms with Crippen molar-refractivity contribution in [3.8, 4) is 0 Å². The number of benzene rings is 1. The highest BCUT2D eigenvalue weighted by Crippen LogP contribution is 2.17. The van der Waals surface area contributed by atoms with Crippen LogP contribution >= 0.6 is 27.5 Å². The molecule has 1 aromatic rings. The molecule has 0 spiro atoms. The highest BCUT2D eigenvalue weighted by molar-refractivity contribution is 9.09. The third-order valence-corrected chi connectivity index (χ3v) is 3.59. The Morgan fingerprint density at radius 1 is 1.28 bits per heavy atom. The van der Waals surface area contributed by atoms with E-state index in [2.05, 4.69) is 21.2 Å². The molecule has 1 N–H and O–H groups in total. The van der Waals surface area contributed by atoms with E-state index in [1.807, 2.05) is 19.1 Å². The Bertz CT molecular complexity index is 395. The molecule has 100 valence electrons. The van der Waals surface area contributed by atoms with Crippen LogP contribution in [0.2, 0.25) is 5.02 Å². The van der Waals surface area contributed by atoms with Gasteiger partial charge in [-0.05, 0) is 37.5 Å². The molecule has 0 atom stereocenters. The van der Waals surface area contributed by atoms with Crippen LogP contribution < -0.4 is 5.32 Å². The molecule has 4 heteroatoms. The van der Waals surface area contributed by atoms with Crippen LogP contribution in [-0.4, -0.2) is 17.8 Å². The van der Waals surface area contributed by atoms with E-state index >= 15 is 0 Å². The number of rotatable bonds is 7. The fourth-order valence-corrected chi connectivity index (χ4v) is 2.39. The summed E-state index contributed by atoms with van der Waals surface area (Å²) in [6.07, 6.45) is 4.56. The Labute approximate surface area is 122 Å². The second kappa shape index (κ2) is 8.54. The molecule has 0 unspecified atom stereocenters. The van der Waals surface area contributed by atoms with Gasteiger partial charge in [-0.3, -0.25) is 4.79 Å². The number of carbonyl (C=O) groups excluding carboxylic acids is 1. The number of nitrogens with one attached hydrogen (secondary N) is 1. The average molecular weight is 333 g/mol. The molecule has 1 aromatic carbocycles. The Morgan fingerprint density at radius 2 is 2.00 bits per heavy atom. The number of aryl methyl sites for hydroxylation is 1. The van der Waals surface area contributed by atoms with Gasteiger partial charge in [0.05, 0.1) is 10.6 Å². The van der Waals surface area contributed by atoms with Gasteiger partial charge in [0, 0.05) is 11.9 Å². The van der Waals surface area contributed by atoms with Gasteiger partial charge >= 0.3 is 0 Å². The first-order valence-electron chi connectivity index (χ1n) is 6.25.